The standard InChI is InChI=1S/C11H17N3O/c1-6(2)10-9-8(11(15)13-12-9)5-14(10)7-3-4-7/h6-7,10H,3-5H2,1-2H3,(H2,12,13,15). The minimum atomic E-state index is 0.0683. The van der Waals surface area contributed by atoms with E-state index < -0.39 is 0 Å². The van der Waals surface area contributed by atoms with Crippen LogP contribution in [0.5, 0.6) is 0 Å². The summed E-state index contributed by atoms with van der Waals surface area (Å²) in [7, 11) is 0. The van der Waals surface area contributed by atoms with E-state index in [9.17, 15) is 4.79 Å². The number of nitrogens with zero attached hydrogens (tertiary/aromatic N) is 1. The molecule has 2 heterocycles. The Kier molecular flexibility index (Phi) is 1.83. The average Bonchev–Trinajstić information content (AvgIpc) is 2.86. The lowest BCUT2D eigenvalue weighted by molar-refractivity contribution is 0.158. The fourth-order valence-corrected chi connectivity index (χ4v) is 2.73. The Bertz CT molecular complexity index is 427. The normalized spacial score (nSPS) is 26.2. The highest BCUT2D eigenvalue weighted by atomic mass is 16.1. The third kappa shape index (κ3) is 1.28. The first-order chi connectivity index (χ1) is 7.18. The van der Waals surface area contributed by atoms with Crippen LogP contribution in [0.4, 0.5) is 0 Å². The Balaban J connectivity index is 2.01. The van der Waals surface area contributed by atoms with Crippen molar-refractivity contribution in [2.24, 2.45) is 5.92 Å². The van der Waals surface area contributed by atoms with Crippen LogP contribution in [0.25, 0.3) is 0 Å². The Morgan fingerprint density at radius 1 is 1.33 bits per heavy atom. The van der Waals surface area contributed by atoms with Gasteiger partial charge in [-0.3, -0.25) is 14.8 Å². The van der Waals surface area contributed by atoms with Crippen LogP contribution < -0.4 is 5.56 Å². The molecule has 0 spiro atoms. The van der Waals surface area contributed by atoms with Crippen LogP contribution in [0.1, 0.15) is 44.0 Å². The fraction of sp³-hybridized carbons (Fsp3) is 0.727. The first-order valence-electron chi connectivity index (χ1n) is 5.73. The average molecular weight is 207 g/mol. The van der Waals surface area contributed by atoms with E-state index in [-0.39, 0.29) is 5.56 Å². The molecule has 1 aliphatic carbocycles. The predicted octanol–water partition coefficient (Wildman–Crippen LogP) is 1.38. The van der Waals surface area contributed by atoms with Gasteiger partial charge in [0.05, 0.1) is 17.3 Å². The molecule has 2 aliphatic rings. The summed E-state index contributed by atoms with van der Waals surface area (Å²) in [6.45, 7) is 5.28. The molecule has 1 saturated carbocycles. The van der Waals surface area contributed by atoms with Crippen molar-refractivity contribution >= 4 is 0 Å². The lowest BCUT2D eigenvalue weighted by Crippen LogP contribution is -2.29. The zero-order chi connectivity index (χ0) is 10.6. The molecule has 0 radical (unpaired) electrons. The van der Waals surface area contributed by atoms with E-state index in [0.29, 0.717) is 12.0 Å². The SMILES string of the molecule is CC(C)C1c2[nH][nH]c(=O)c2CN1C1CC1. The van der Waals surface area contributed by atoms with E-state index >= 15 is 0 Å². The summed E-state index contributed by atoms with van der Waals surface area (Å²) in [5, 5.41) is 5.75. The Morgan fingerprint density at radius 2 is 2.07 bits per heavy atom. The third-order valence-corrected chi connectivity index (χ3v) is 3.55. The van der Waals surface area contributed by atoms with Gasteiger partial charge in [-0.05, 0) is 18.8 Å². The van der Waals surface area contributed by atoms with E-state index in [1.807, 2.05) is 0 Å². The Labute approximate surface area is 88.7 Å². The maximum absolute atomic E-state index is 11.6. The number of hydrogen-bond acceptors (Lipinski definition) is 2. The van der Waals surface area contributed by atoms with Crippen molar-refractivity contribution in [2.75, 3.05) is 0 Å². The first kappa shape index (κ1) is 9.21. The first-order valence-corrected chi connectivity index (χ1v) is 5.73. The second kappa shape index (κ2) is 2.98. The molecule has 1 atom stereocenters. The second-order valence-corrected chi connectivity index (χ2v) is 5.06. The molecule has 0 aromatic carbocycles. The van der Waals surface area contributed by atoms with Gasteiger partial charge in [-0.2, -0.15) is 0 Å². The van der Waals surface area contributed by atoms with Gasteiger partial charge < -0.3 is 5.10 Å². The lowest BCUT2D eigenvalue weighted by atomic mass is 10.0. The van der Waals surface area contributed by atoms with Gasteiger partial charge in [-0.1, -0.05) is 13.8 Å². The van der Waals surface area contributed by atoms with Crippen LogP contribution in [0.3, 0.4) is 0 Å². The Hall–Kier alpha value is -1.03. The number of rotatable bonds is 2. The summed E-state index contributed by atoms with van der Waals surface area (Å²) >= 11 is 0. The minimum Gasteiger partial charge on any atom is -0.300 e. The minimum absolute atomic E-state index is 0.0683. The smallest absolute Gasteiger partial charge is 0.268 e. The molecule has 0 saturated heterocycles. The van der Waals surface area contributed by atoms with E-state index in [1.165, 1.54) is 12.8 Å². The van der Waals surface area contributed by atoms with E-state index in [0.717, 1.165) is 23.8 Å². The van der Waals surface area contributed by atoms with E-state index in [4.69, 9.17) is 0 Å². The van der Waals surface area contributed by atoms with Gasteiger partial charge in [0.25, 0.3) is 5.56 Å². The fourth-order valence-electron chi connectivity index (χ4n) is 2.73. The van der Waals surface area contributed by atoms with Crippen molar-refractivity contribution in [1.82, 2.24) is 15.1 Å². The number of nitrogens with one attached hydrogen (secondary N) is 2. The lowest BCUT2D eigenvalue weighted by Gasteiger charge is -2.27. The highest BCUT2D eigenvalue weighted by molar-refractivity contribution is 5.27. The van der Waals surface area contributed by atoms with Crippen LogP contribution in [0.15, 0.2) is 4.79 Å². The molecule has 1 aromatic heterocycles. The van der Waals surface area contributed by atoms with Crippen molar-refractivity contribution in [2.45, 2.75) is 45.3 Å². The molecule has 0 bridgehead atoms. The molecule has 4 heteroatoms. The summed E-state index contributed by atoms with van der Waals surface area (Å²) in [5.74, 6) is 0.554. The third-order valence-electron chi connectivity index (χ3n) is 3.55. The molecule has 1 aliphatic heterocycles. The van der Waals surface area contributed by atoms with Crippen molar-refractivity contribution < 1.29 is 0 Å². The summed E-state index contributed by atoms with van der Waals surface area (Å²) in [6.07, 6.45) is 2.59. The zero-order valence-corrected chi connectivity index (χ0v) is 9.21. The van der Waals surface area contributed by atoms with Crippen LogP contribution in [-0.4, -0.2) is 21.1 Å². The van der Waals surface area contributed by atoms with Crippen molar-refractivity contribution in [3.63, 3.8) is 0 Å². The molecular weight excluding hydrogens is 190 g/mol. The summed E-state index contributed by atoms with van der Waals surface area (Å²) < 4.78 is 0. The predicted molar refractivity (Wildman–Crippen MR) is 57.6 cm³/mol. The maximum Gasteiger partial charge on any atom is 0.268 e. The molecule has 4 nitrogen and oxygen atoms in total. The number of aromatic nitrogens is 2. The zero-order valence-electron chi connectivity index (χ0n) is 9.21. The van der Waals surface area contributed by atoms with Gasteiger partial charge in [-0.15, -0.1) is 0 Å². The molecule has 1 aromatic rings. The quantitative estimate of drug-likeness (QED) is 0.769. The topological polar surface area (TPSA) is 51.9 Å². The van der Waals surface area contributed by atoms with Gasteiger partial charge in [0, 0.05) is 12.6 Å². The van der Waals surface area contributed by atoms with Crippen LogP contribution in [0, 0.1) is 5.92 Å². The van der Waals surface area contributed by atoms with Gasteiger partial charge in [-0.25, -0.2) is 0 Å². The van der Waals surface area contributed by atoms with Gasteiger partial charge in [0.2, 0.25) is 0 Å². The van der Waals surface area contributed by atoms with Gasteiger partial charge >= 0.3 is 0 Å². The molecular formula is C11H17N3O. The summed E-state index contributed by atoms with van der Waals surface area (Å²) in [5.41, 5.74) is 2.15. The van der Waals surface area contributed by atoms with Crippen LogP contribution in [-0.2, 0) is 6.54 Å². The summed E-state index contributed by atoms with van der Waals surface area (Å²) in [4.78, 5) is 14.0. The van der Waals surface area contributed by atoms with Crippen molar-refractivity contribution in [3.05, 3.63) is 21.6 Å². The molecule has 3 rings (SSSR count). The monoisotopic (exact) mass is 207 g/mol. The molecule has 1 unspecified atom stereocenters. The number of aromatic amines is 2. The van der Waals surface area contributed by atoms with Crippen LogP contribution >= 0.6 is 0 Å². The van der Waals surface area contributed by atoms with E-state index in [1.54, 1.807) is 0 Å². The highest BCUT2D eigenvalue weighted by Crippen LogP contribution is 2.43. The second-order valence-electron chi connectivity index (χ2n) is 5.06. The van der Waals surface area contributed by atoms with Crippen molar-refractivity contribution in [3.8, 4) is 0 Å². The van der Waals surface area contributed by atoms with Crippen LogP contribution in [0.2, 0.25) is 0 Å². The van der Waals surface area contributed by atoms with Gasteiger partial charge in [0.1, 0.15) is 0 Å². The van der Waals surface area contributed by atoms with Crippen molar-refractivity contribution in [1.29, 1.82) is 0 Å². The van der Waals surface area contributed by atoms with E-state index in [2.05, 4.69) is 28.9 Å². The number of hydrogen-bond donors (Lipinski definition) is 2. The summed E-state index contributed by atoms with van der Waals surface area (Å²) in [6, 6.07) is 1.13. The molecule has 0 amide bonds. The molecule has 15 heavy (non-hydrogen) atoms. The molecule has 2 N–H and O–H groups in total. The number of H-pyrrole nitrogens is 2. The largest absolute Gasteiger partial charge is 0.300 e. The van der Waals surface area contributed by atoms with Gasteiger partial charge in [0.15, 0.2) is 0 Å². The highest BCUT2D eigenvalue weighted by Gasteiger charge is 2.42. The maximum atomic E-state index is 11.6. The Morgan fingerprint density at radius 3 is 2.67 bits per heavy atom. The molecule has 82 valence electrons. The number of fused-ring (bicyclic) bond motifs is 1. The molecule has 1 fully saturated rings.